The number of amides is 1. The van der Waals surface area contributed by atoms with Crippen molar-refractivity contribution in [1.82, 2.24) is 14.8 Å². The van der Waals surface area contributed by atoms with Crippen molar-refractivity contribution in [1.29, 1.82) is 0 Å². The number of nitrogens with one attached hydrogen (secondary N) is 1. The summed E-state index contributed by atoms with van der Waals surface area (Å²) in [6, 6.07) is 9.15. The standard InChI is InChI=1S/C16H11BrClN5O2S/c17-9-1-2-12(23-8-19-7-20-23)10(5-9)21-16(24)13-6-11(22-25-13)14-3-4-15(18)26-14/h1-5,7-8,13H,6H2,(H,21,24). The van der Waals surface area contributed by atoms with Gasteiger partial charge >= 0.3 is 0 Å². The van der Waals surface area contributed by atoms with Crippen molar-refractivity contribution in [3.05, 3.63) is 56.7 Å². The smallest absolute Gasteiger partial charge is 0.268 e. The van der Waals surface area contributed by atoms with Gasteiger partial charge in [0.15, 0.2) is 0 Å². The highest BCUT2D eigenvalue weighted by atomic mass is 79.9. The molecule has 1 aromatic carbocycles. The monoisotopic (exact) mass is 451 g/mol. The van der Waals surface area contributed by atoms with E-state index in [9.17, 15) is 4.79 Å². The van der Waals surface area contributed by atoms with E-state index in [1.54, 1.807) is 23.1 Å². The molecule has 4 rings (SSSR count). The highest BCUT2D eigenvalue weighted by Gasteiger charge is 2.30. The van der Waals surface area contributed by atoms with E-state index in [0.717, 1.165) is 9.35 Å². The zero-order valence-corrected chi connectivity index (χ0v) is 16.3. The maximum Gasteiger partial charge on any atom is 0.268 e. The van der Waals surface area contributed by atoms with Crippen molar-refractivity contribution in [2.45, 2.75) is 12.5 Å². The van der Waals surface area contributed by atoms with Gasteiger partial charge in [-0.1, -0.05) is 32.7 Å². The molecule has 1 aliphatic heterocycles. The molecule has 2 aromatic heterocycles. The lowest BCUT2D eigenvalue weighted by Crippen LogP contribution is -2.28. The number of hydrogen-bond acceptors (Lipinski definition) is 6. The summed E-state index contributed by atoms with van der Waals surface area (Å²) in [6.45, 7) is 0. The van der Waals surface area contributed by atoms with Gasteiger partial charge in [0, 0.05) is 10.9 Å². The molecule has 0 saturated carbocycles. The van der Waals surface area contributed by atoms with Crippen LogP contribution >= 0.6 is 38.9 Å². The molecule has 1 unspecified atom stereocenters. The van der Waals surface area contributed by atoms with Crippen molar-refractivity contribution in [3.8, 4) is 5.69 Å². The van der Waals surface area contributed by atoms with Gasteiger partial charge in [0.25, 0.3) is 5.91 Å². The summed E-state index contributed by atoms with van der Waals surface area (Å²) in [6.07, 6.45) is 2.68. The second-order valence-corrected chi connectivity index (χ2v) is 8.06. The summed E-state index contributed by atoms with van der Waals surface area (Å²) in [7, 11) is 0. The molecule has 0 radical (unpaired) electrons. The average Bonchev–Trinajstić information content (AvgIpc) is 3.36. The molecule has 1 aliphatic rings. The molecule has 3 aromatic rings. The number of thiophene rings is 1. The summed E-state index contributed by atoms with van der Waals surface area (Å²) in [5, 5.41) is 11.0. The summed E-state index contributed by atoms with van der Waals surface area (Å²) in [5.41, 5.74) is 2.00. The predicted molar refractivity (Wildman–Crippen MR) is 103 cm³/mol. The lowest BCUT2D eigenvalue weighted by Gasteiger charge is -2.13. The Morgan fingerprint density at radius 1 is 1.38 bits per heavy atom. The van der Waals surface area contributed by atoms with Gasteiger partial charge in [0.2, 0.25) is 6.10 Å². The fourth-order valence-corrected chi connectivity index (χ4v) is 3.88. The van der Waals surface area contributed by atoms with E-state index in [1.807, 2.05) is 18.2 Å². The Kier molecular flexibility index (Phi) is 4.75. The first-order valence-electron chi connectivity index (χ1n) is 7.54. The number of carbonyl (C=O) groups excluding carboxylic acids is 1. The molecule has 26 heavy (non-hydrogen) atoms. The number of nitrogens with zero attached hydrogens (tertiary/aromatic N) is 4. The van der Waals surface area contributed by atoms with Crippen LogP contribution < -0.4 is 5.32 Å². The molecule has 1 amide bonds. The van der Waals surface area contributed by atoms with Crippen LogP contribution in [-0.2, 0) is 9.63 Å². The van der Waals surface area contributed by atoms with Gasteiger partial charge < -0.3 is 10.2 Å². The number of anilines is 1. The summed E-state index contributed by atoms with van der Waals surface area (Å²) in [4.78, 5) is 22.8. The van der Waals surface area contributed by atoms with E-state index in [-0.39, 0.29) is 5.91 Å². The molecule has 0 spiro atoms. The van der Waals surface area contributed by atoms with Crippen LogP contribution in [0.5, 0.6) is 0 Å². The summed E-state index contributed by atoms with van der Waals surface area (Å²) < 4.78 is 3.07. The Labute approximate surface area is 165 Å². The molecular weight excluding hydrogens is 442 g/mol. The normalized spacial score (nSPS) is 16.2. The molecule has 10 heteroatoms. The van der Waals surface area contributed by atoms with E-state index in [1.165, 1.54) is 17.7 Å². The third-order valence-corrected chi connectivity index (χ3v) is 5.47. The third kappa shape index (κ3) is 3.50. The molecule has 7 nitrogen and oxygen atoms in total. The third-order valence-electron chi connectivity index (χ3n) is 3.70. The number of benzene rings is 1. The lowest BCUT2D eigenvalue weighted by molar-refractivity contribution is -0.125. The van der Waals surface area contributed by atoms with Gasteiger partial charge in [0.1, 0.15) is 18.4 Å². The van der Waals surface area contributed by atoms with E-state index in [4.69, 9.17) is 16.4 Å². The van der Waals surface area contributed by atoms with Crippen molar-refractivity contribution in [3.63, 3.8) is 0 Å². The number of halogens is 2. The second-order valence-electron chi connectivity index (χ2n) is 5.43. The Bertz CT molecular complexity index is 988. The molecule has 0 fully saturated rings. The molecule has 1 N–H and O–H groups in total. The van der Waals surface area contributed by atoms with Crippen molar-refractivity contribution >= 4 is 56.2 Å². The SMILES string of the molecule is O=C(Nc1cc(Br)ccc1-n1cncn1)C1CC(c2ccc(Cl)s2)=NO1. The van der Waals surface area contributed by atoms with E-state index in [0.29, 0.717) is 27.8 Å². The van der Waals surface area contributed by atoms with Gasteiger partial charge in [-0.25, -0.2) is 9.67 Å². The van der Waals surface area contributed by atoms with E-state index in [2.05, 4.69) is 36.5 Å². The maximum absolute atomic E-state index is 12.6. The van der Waals surface area contributed by atoms with Gasteiger partial charge in [-0.15, -0.1) is 11.3 Å². The van der Waals surface area contributed by atoms with Crippen molar-refractivity contribution < 1.29 is 9.63 Å². The highest BCUT2D eigenvalue weighted by Crippen LogP contribution is 2.28. The van der Waals surface area contributed by atoms with Crippen LogP contribution in [0.2, 0.25) is 4.34 Å². The number of oxime groups is 1. The summed E-state index contributed by atoms with van der Waals surface area (Å²) >= 11 is 10.8. The number of carbonyl (C=O) groups is 1. The van der Waals surface area contributed by atoms with Gasteiger partial charge in [-0.3, -0.25) is 4.79 Å². The first-order chi connectivity index (χ1) is 12.6. The minimum absolute atomic E-state index is 0.286. The Hall–Kier alpha value is -2.23. The largest absolute Gasteiger partial charge is 0.382 e. The van der Waals surface area contributed by atoms with Crippen LogP contribution in [0.15, 0.2) is 52.6 Å². The molecular formula is C16H11BrClN5O2S. The molecule has 3 heterocycles. The minimum Gasteiger partial charge on any atom is -0.382 e. The van der Waals surface area contributed by atoms with Crippen LogP contribution in [0.4, 0.5) is 5.69 Å². The average molecular weight is 453 g/mol. The van der Waals surface area contributed by atoms with Crippen molar-refractivity contribution in [2.75, 3.05) is 5.32 Å². The number of aromatic nitrogens is 3. The van der Waals surface area contributed by atoms with E-state index < -0.39 is 6.10 Å². The molecule has 132 valence electrons. The fourth-order valence-electron chi connectivity index (χ4n) is 2.49. The second kappa shape index (κ2) is 7.18. The lowest BCUT2D eigenvalue weighted by atomic mass is 10.1. The van der Waals surface area contributed by atoms with Crippen molar-refractivity contribution in [2.24, 2.45) is 5.16 Å². The first-order valence-corrected chi connectivity index (χ1v) is 9.53. The number of hydrogen-bond donors (Lipinski definition) is 1. The molecule has 0 aliphatic carbocycles. The predicted octanol–water partition coefficient (Wildman–Crippen LogP) is 3.88. The molecule has 1 atom stereocenters. The Morgan fingerprint density at radius 3 is 3.00 bits per heavy atom. The van der Waals surface area contributed by atoms with Gasteiger partial charge in [-0.2, -0.15) is 5.10 Å². The fraction of sp³-hybridized carbons (Fsp3) is 0.125. The van der Waals surface area contributed by atoms with Crippen LogP contribution in [0.25, 0.3) is 5.69 Å². The van der Waals surface area contributed by atoms with Crippen LogP contribution in [0.1, 0.15) is 11.3 Å². The summed E-state index contributed by atoms with van der Waals surface area (Å²) in [5.74, 6) is -0.286. The number of rotatable bonds is 4. The topological polar surface area (TPSA) is 81.4 Å². The van der Waals surface area contributed by atoms with Crippen LogP contribution in [-0.4, -0.2) is 32.5 Å². The molecule has 0 saturated heterocycles. The van der Waals surface area contributed by atoms with Crippen LogP contribution in [0, 0.1) is 0 Å². The Morgan fingerprint density at radius 2 is 2.27 bits per heavy atom. The zero-order valence-electron chi connectivity index (χ0n) is 13.1. The van der Waals surface area contributed by atoms with Gasteiger partial charge in [-0.05, 0) is 30.3 Å². The van der Waals surface area contributed by atoms with E-state index >= 15 is 0 Å². The maximum atomic E-state index is 12.6. The minimum atomic E-state index is -0.701. The van der Waals surface area contributed by atoms with Crippen LogP contribution in [0.3, 0.4) is 0 Å². The zero-order chi connectivity index (χ0) is 18.1. The quantitative estimate of drug-likeness (QED) is 0.651. The first kappa shape index (κ1) is 17.2. The Balaban J connectivity index is 1.50. The molecule has 0 bridgehead atoms. The van der Waals surface area contributed by atoms with Gasteiger partial charge in [0.05, 0.1) is 20.6 Å². The highest BCUT2D eigenvalue weighted by molar-refractivity contribution is 9.10.